The average molecular weight is 285 g/mol. The van der Waals surface area contributed by atoms with Crippen LogP contribution in [0.4, 0.5) is 4.39 Å². The summed E-state index contributed by atoms with van der Waals surface area (Å²) in [7, 11) is 1.71. The van der Waals surface area contributed by atoms with Crippen molar-refractivity contribution in [2.45, 2.75) is 6.54 Å². The lowest BCUT2D eigenvalue weighted by Crippen LogP contribution is -2.00. The van der Waals surface area contributed by atoms with Gasteiger partial charge in [0.1, 0.15) is 11.5 Å². The lowest BCUT2D eigenvalue weighted by atomic mass is 10.1. The summed E-state index contributed by atoms with van der Waals surface area (Å²) < 4.78 is 15.9. The summed E-state index contributed by atoms with van der Waals surface area (Å²) in [6.45, 7) is 0.321. The topological polar surface area (TPSA) is 56.7 Å². The monoisotopic (exact) mass is 284 g/mol. The van der Waals surface area contributed by atoms with Crippen molar-refractivity contribution in [2.24, 2.45) is 12.8 Å². The minimum atomic E-state index is -0.325. The van der Waals surface area contributed by atoms with Crippen molar-refractivity contribution in [3.05, 3.63) is 34.2 Å². The third-order valence-corrected chi connectivity index (χ3v) is 2.84. The minimum Gasteiger partial charge on any atom is -0.326 e. The summed E-state index contributed by atoms with van der Waals surface area (Å²) in [5.74, 6) is -0.325. The van der Waals surface area contributed by atoms with Gasteiger partial charge >= 0.3 is 0 Å². The van der Waals surface area contributed by atoms with Crippen molar-refractivity contribution >= 4 is 15.9 Å². The highest BCUT2D eigenvalue weighted by Crippen LogP contribution is 2.28. The van der Waals surface area contributed by atoms with Gasteiger partial charge in [0.15, 0.2) is 4.60 Å². The average Bonchev–Trinajstić information content (AvgIpc) is 2.59. The number of benzene rings is 1. The molecule has 1 heterocycles. The van der Waals surface area contributed by atoms with E-state index in [4.69, 9.17) is 5.73 Å². The van der Waals surface area contributed by atoms with Crippen LogP contribution < -0.4 is 5.73 Å². The highest BCUT2D eigenvalue weighted by Gasteiger charge is 2.14. The molecule has 0 aliphatic carbocycles. The highest BCUT2D eigenvalue weighted by molar-refractivity contribution is 9.10. The van der Waals surface area contributed by atoms with Gasteiger partial charge in [-0.05, 0) is 33.6 Å². The molecule has 6 heteroatoms. The molecule has 0 radical (unpaired) electrons. The molecule has 2 N–H and O–H groups in total. The molecular weight excluding hydrogens is 275 g/mol. The van der Waals surface area contributed by atoms with E-state index in [0.717, 1.165) is 5.56 Å². The molecule has 0 saturated heterocycles. The van der Waals surface area contributed by atoms with Crippen LogP contribution in [0.25, 0.3) is 11.3 Å². The van der Waals surface area contributed by atoms with Crippen LogP contribution >= 0.6 is 15.9 Å². The van der Waals surface area contributed by atoms with Crippen molar-refractivity contribution in [1.82, 2.24) is 15.0 Å². The van der Waals surface area contributed by atoms with Crippen molar-refractivity contribution in [1.29, 1.82) is 0 Å². The summed E-state index contributed by atoms with van der Waals surface area (Å²) >= 11 is 3.24. The van der Waals surface area contributed by atoms with Gasteiger partial charge in [0.25, 0.3) is 0 Å². The van der Waals surface area contributed by atoms with Gasteiger partial charge in [-0.3, -0.25) is 0 Å². The van der Waals surface area contributed by atoms with E-state index in [1.54, 1.807) is 19.2 Å². The number of halogens is 2. The van der Waals surface area contributed by atoms with E-state index >= 15 is 0 Å². The Morgan fingerprint density at radius 1 is 1.50 bits per heavy atom. The largest absolute Gasteiger partial charge is 0.326 e. The van der Waals surface area contributed by atoms with E-state index in [-0.39, 0.29) is 5.82 Å². The molecule has 1 aromatic carbocycles. The Morgan fingerprint density at radius 3 is 2.75 bits per heavy atom. The Labute approximate surface area is 100 Å². The molecule has 16 heavy (non-hydrogen) atoms. The summed E-state index contributed by atoms with van der Waals surface area (Å²) in [4.78, 5) is 0. The number of nitrogens with zero attached hydrogens (tertiary/aromatic N) is 3. The van der Waals surface area contributed by atoms with E-state index in [1.807, 2.05) is 0 Å². The van der Waals surface area contributed by atoms with Gasteiger partial charge in [0.05, 0.1) is 0 Å². The fourth-order valence-corrected chi connectivity index (χ4v) is 2.04. The zero-order valence-corrected chi connectivity index (χ0v) is 10.2. The maximum Gasteiger partial charge on any atom is 0.156 e. The van der Waals surface area contributed by atoms with Gasteiger partial charge in [-0.25, -0.2) is 9.07 Å². The third kappa shape index (κ3) is 1.85. The third-order valence-electron chi connectivity index (χ3n) is 2.31. The zero-order valence-electron chi connectivity index (χ0n) is 8.61. The lowest BCUT2D eigenvalue weighted by Gasteiger charge is -2.05. The molecule has 0 aliphatic heterocycles. The molecular formula is C10H10BrFN4. The number of rotatable bonds is 2. The molecule has 0 saturated carbocycles. The predicted octanol–water partition coefficient (Wildman–Crippen LogP) is 1.84. The number of hydrogen-bond donors (Lipinski definition) is 1. The van der Waals surface area contributed by atoms with E-state index in [2.05, 4.69) is 26.2 Å². The molecule has 0 aliphatic rings. The number of nitrogens with two attached hydrogens (primary N) is 1. The zero-order chi connectivity index (χ0) is 11.7. The van der Waals surface area contributed by atoms with Crippen molar-refractivity contribution in [3.8, 4) is 11.3 Å². The Bertz CT molecular complexity index is 504. The molecule has 0 bridgehead atoms. The van der Waals surface area contributed by atoms with Gasteiger partial charge in [-0.1, -0.05) is 11.3 Å². The maximum absolute atomic E-state index is 13.8. The van der Waals surface area contributed by atoms with E-state index < -0.39 is 0 Å². The molecule has 0 unspecified atom stereocenters. The van der Waals surface area contributed by atoms with Gasteiger partial charge in [0, 0.05) is 19.2 Å². The fourth-order valence-electron chi connectivity index (χ4n) is 1.50. The quantitative estimate of drug-likeness (QED) is 0.916. The second-order valence-corrected chi connectivity index (χ2v) is 4.12. The predicted molar refractivity (Wildman–Crippen MR) is 62.0 cm³/mol. The van der Waals surface area contributed by atoms with Crippen molar-refractivity contribution in [2.75, 3.05) is 0 Å². The summed E-state index contributed by atoms with van der Waals surface area (Å²) in [5.41, 5.74) is 7.27. The SMILES string of the molecule is Cn1nnc(Br)c1-c1ccc(CN)cc1F. The van der Waals surface area contributed by atoms with Crippen LogP contribution in [-0.4, -0.2) is 15.0 Å². The van der Waals surface area contributed by atoms with Crippen LogP contribution in [0.3, 0.4) is 0 Å². The fraction of sp³-hybridized carbons (Fsp3) is 0.200. The Kier molecular flexibility index (Phi) is 3.02. The van der Waals surface area contributed by atoms with Gasteiger partial charge in [-0.15, -0.1) is 5.10 Å². The standard InChI is InChI=1S/C10H10BrFN4/c1-16-9(10(11)14-15-16)7-3-2-6(5-13)4-8(7)12/h2-4H,5,13H2,1H3. The Balaban J connectivity index is 2.57. The highest BCUT2D eigenvalue weighted by atomic mass is 79.9. The molecule has 1 aromatic heterocycles. The molecule has 84 valence electrons. The van der Waals surface area contributed by atoms with Gasteiger partial charge < -0.3 is 5.73 Å². The number of aryl methyl sites for hydroxylation is 1. The Hall–Kier alpha value is -1.27. The summed E-state index contributed by atoms with van der Waals surface area (Å²) in [6, 6.07) is 4.90. The normalized spacial score (nSPS) is 10.8. The molecule has 0 fully saturated rings. The second-order valence-electron chi connectivity index (χ2n) is 3.37. The van der Waals surface area contributed by atoms with Crippen LogP contribution in [0, 0.1) is 5.82 Å². The van der Waals surface area contributed by atoms with Crippen LogP contribution in [0.5, 0.6) is 0 Å². The molecule has 0 amide bonds. The number of aromatic nitrogens is 3. The van der Waals surface area contributed by atoms with Gasteiger partial charge in [-0.2, -0.15) is 0 Å². The second kappa shape index (κ2) is 4.31. The summed E-state index contributed by atoms with van der Waals surface area (Å²) in [6.07, 6.45) is 0. The maximum atomic E-state index is 13.8. The van der Waals surface area contributed by atoms with Crippen molar-refractivity contribution in [3.63, 3.8) is 0 Å². The van der Waals surface area contributed by atoms with Gasteiger partial charge in [0.2, 0.25) is 0 Å². The van der Waals surface area contributed by atoms with E-state index in [0.29, 0.717) is 22.4 Å². The van der Waals surface area contributed by atoms with E-state index in [1.165, 1.54) is 10.7 Å². The lowest BCUT2D eigenvalue weighted by molar-refractivity contribution is 0.625. The molecule has 4 nitrogen and oxygen atoms in total. The summed E-state index contributed by atoms with van der Waals surface area (Å²) in [5, 5.41) is 7.62. The van der Waals surface area contributed by atoms with Crippen LogP contribution in [0.15, 0.2) is 22.8 Å². The first-order valence-electron chi connectivity index (χ1n) is 4.67. The van der Waals surface area contributed by atoms with E-state index in [9.17, 15) is 4.39 Å². The van der Waals surface area contributed by atoms with Crippen LogP contribution in [-0.2, 0) is 13.6 Å². The van der Waals surface area contributed by atoms with Crippen LogP contribution in [0.1, 0.15) is 5.56 Å². The molecule has 2 aromatic rings. The molecule has 0 atom stereocenters. The molecule has 0 spiro atoms. The first-order valence-corrected chi connectivity index (χ1v) is 5.47. The first kappa shape index (κ1) is 11.2. The van der Waals surface area contributed by atoms with Crippen molar-refractivity contribution < 1.29 is 4.39 Å². The minimum absolute atomic E-state index is 0.321. The smallest absolute Gasteiger partial charge is 0.156 e. The Morgan fingerprint density at radius 2 is 2.25 bits per heavy atom. The molecule has 2 rings (SSSR count). The van der Waals surface area contributed by atoms with Crippen LogP contribution in [0.2, 0.25) is 0 Å². The first-order chi connectivity index (χ1) is 7.63. The number of hydrogen-bond acceptors (Lipinski definition) is 3.